The van der Waals surface area contributed by atoms with Gasteiger partial charge in [0.1, 0.15) is 0 Å². The van der Waals surface area contributed by atoms with Gasteiger partial charge >= 0.3 is 0 Å². The highest BCUT2D eigenvalue weighted by Gasteiger charge is 2.12. The van der Waals surface area contributed by atoms with Gasteiger partial charge in [-0.3, -0.25) is 9.59 Å². The Kier molecular flexibility index (Phi) is 46.6. The summed E-state index contributed by atoms with van der Waals surface area (Å²) in [5.74, 6) is -0.0938. The van der Waals surface area contributed by atoms with E-state index in [0.717, 1.165) is 39.3 Å². The van der Waals surface area contributed by atoms with Crippen molar-refractivity contribution in [2.24, 2.45) is 0 Å². The first kappa shape index (κ1) is 62.1. The Morgan fingerprint density at radius 3 is 0.667 bits per heavy atom. The predicted molar refractivity (Wildman–Crippen MR) is 291 cm³/mol. The van der Waals surface area contributed by atoms with Gasteiger partial charge in [0.25, 0.3) is 11.8 Å². The molecular weight excluding hydrogens is 809 g/mol. The van der Waals surface area contributed by atoms with Crippen LogP contribution in [0.1, 0.15) is 305 Å². The average molecular weight is 924 g/mol. The third-order valence-electron chi connectivity index (χ3n) is 14.1. The molecule has 0 radical (unpaired) electrons. The van der Waals surface area contributed by atoms with E-state index in [1.165, 1.54) is 257 Å². The Morgan fingerprint density at radius 1 is 0.288 bits per heavy atom. The molecule has 0 aliphatic rings. The lowest BCUT2D eigenvalue weighted by atomic mass is 10.1. The lowest BCUT2D eigenvalue weighted by Crippen LogP contribution is -2.36. The van der Waals surface area contributed by atoms with Crippen molar-refractivity contribution in [1.82, 2.24) is 20.4 Å². The molecule has 6 nitrogen and oxygen atoms in total. The van der Waals surface area contributed by atoms with Crippen LogP contribution in [0.4, 0.5) is 0 Å². The van der Waals surface area contributed by atoms with Gasteiger partial charge in [-0.1, -0.05) is 259 Å². The third-order valence-corrected chi connectivity index (χ3v) is 14.1. The normalized spacial score (nSPS) is 11.6. The van der Waals surface area contributed by atoms with Gasteiger partial charge in [-0.15, -0.1) is 0 Å². The first-order chi connectivity index (χ1) is 32.5. The van der Waals surface area contributed by atoms with E-state index in [1.807, 2.05) is 24.3 Å². The molecule has 1 aromatic rings. The molecule has 2 N–H and O–H groups in total. The van der Waals surface area contributed by atoms with Gasteiger partial charge in [-0.25, -0.2) is 0 Å². The molecule has 0 bridgehead atoms. The SMILES string of the molecule is CCCCCCCCCCCCN(CCCCCCCCCCCC)CCNC(=O)c1ccc(C(=O)NCCN(CCCCCCCCCCCC)CCCCCCCCCCCC)cc1. The van der Waals surface area contributed by atoms with E-state index >= 15 is 0 Å². The molecule has 66 heavy (non-hydrogen) atoms. The standard InChI is InChI=1S/C60H114N4O2/c1-5-9-13-17-21-25-29-33-37-41-51-63(52-42-38-34-30-26-22-18-14-10-6-2)55-49-61-59(65)57-45-47-58(48-46-57)60(66)62-50-56-64(53-43-39-35-31-27-23-19-15-11-7-3)54-44-40-36-32-28-24-20-16-12-8-4/h45-48H,5-44,49-56H2,1-4H3,(H,61,65)(H,62,66). The van der Waals surface area contributed by atoms with Crippen LogP contribution >= 0.6 is 0 Å². The Labute approximate surface area is 412 Å². The lowest BCUT2D eigenvalue weighted by Gasteiger charge is -2.23. The van der Waals surface area contributed by atoms with Crippen LogP contribution in [0.25, 0.3) is 0 Å². The van der Waals surface area contributed by atoms with Gasteiger partial charge in [0, 0.05) is 37.3 Å². The van der Waals surface area contributed by atoms with Gasteiger partial charge in [-0.05, 0) is 76.1 Å². The number of rotatable bonds is 52. The van der Waals surface area contributed by atoms with Crippen LogP contribution < -0.4 is 10.6 Å². The van der Waals surface area contributed by atoms with Crippen LogP contribution in [0.3, 0.4) is 0 Å². The quantitative estimate of drug-likeness (QED) is 0.0639. The fraction of sp³-hybridized carbons (Fsp3) is 0.867. The van der Waals surface area contributed by atoms with Crippen LogP contribution in [-0.4, -0.2) is 74.0 Å². The Morgan fingerprint density at radius 2 is 0.470 bits per heavy atom. The minimum Gasteiger partial charge on any atom is -0.351 e. The van der Waals surface area contributed by atoms with Crippen LogP contribution in [0.15, 0.2) is 24.3 Å². The summed E-state index contributed by atoms with van der Waals surface area (Å²) in [6.45, 7) is 16.8. The van der Waals surface area contributed by atoms with Gasteiger partial charge in [0.2, 0.25) is 0 Å². The van der Waals surface area contributed by atoms with E-state index in [2.05, 4.69) is 48.1 Å². The van der Waals surface area contributed by atoms with Gasteiger partial charge < -0.3 is 20.4 Å². The maximum Gasteiger partial charge on any atom is 0.251 e. The Balaban J connectivity index is 2.53. The van der Waals surface area contributed by atoms with Crippen molar-refractivity contribution in [3.8, 4) is 0 Å². The highest BCUT2D eigenvalue weighted by atomic mass is 16.2. The number of benzene rings is 1. The molecule has 0 aliphatic heterocycles. The number of amides is 2. The van der Waals surface area contributed by atoms with Gasteiger partial charge in [0.05, 0.1) is 0 Å². The molecule has 386 valence electrons. The van der Waals surface area contributed by atoms with Crippen LogP contribution in [0, 0.1) is 0 Å². The van der Waals surface area contributed by atoms with Crippen molar-refractivity contribution >= 4 is 11.8 Å². The summed E-state index contributed by atoms with van der Waals surface area (Å²) in [7, 11) is 0. The minimum atomic E-state index is -0.0469. The second-order valence-corrected chi connectivity index (χ2v) is 20.5. The molecule has 0 fully saturated rings. The Hall–Kier alpha value is -1.92. The van der Waals surface area contributed by atoms with E-state index in [-0.39, 0.29) is 11.8 Å². The molecule has 0 aromatic heterocycles. The zero-order valence-corrected chi connectivity index (χ0v) is 45.0. The molecule has 6 heteroatoms. The third kappa shape index (κ3) is 40.0. The number of nitrogens with zero attached hydrogens (tertiary/aromatic N) is 2. The molecule has 1 aromatic carbocycles. The van der Waals surface area contributed by atoms with Crippen LogP contribution in [-0.2, 0) is 0 Å². The fourth-order valence-corrected chi connectivity index (χ4v) is 9.59. The second-order valence-electron chi connectivity index (χ2n) is 20.5. The summed E-state index contributed by atoms with van der Waals surface area (Å²) in [5, 5.41) is 6.39. The summed E-state index contributed by atoms with van der Waals surface area (Å²) >= 11 is 0. The molecule has 1 rings (SSSR count). The monoisotopic (exact) mass is 923 g/mol. The van der Waals surface area contributed by atoms with Crippen molar-refractivity contribution in [3.05, 3.63) is 35.4 Å². The summed E-state index contributed by atoms with van der Waals surface area (Å²) < 4.78 is 0. The smallest absolute Gasteiger partial charge is 0.251 e. The molecule has 0 saturated heterocycles. The molecule has 0 spiro atoms. The number of unbranched alkanes of at least 4 members (excludes halogenated alkanes) is 36. The van der Waals surface area contributed by atoms with Crippen molar-refractivity contribution in [3.63, 3.8) is 0 Å². The maximum atomic E-state index is 13.2. The number of nitrogens with one attached hydrogen (secondary N) is 2. The topological polar surface area (TPSA) is 64.7 Å². The second kappa shape index (κ2) is 49.5. The summed E-state index contributed by atoms with van der Waals surface area (Å²) in [5.41, 5.74) is 1.25. The maximum absolute atomic E-state index is 13.2. The van der Waals surface area contributed by atoms with Gasteiger partial charge in [0.15, 0.2) is 0 Å². The van der Waals surface area contributed by atoms with Crippen LogP contribution in [0.5, 0.6) is 0 Å². The van der Waals surface area contributed by atoms with Crippen LogP contribution in [0.2, 0.25) is 0 Å². The fourth-order valence-electron chi connectivity index (χ4n) is 9.59. The zero-order chi connectivity index (χ0) is 47.6. The molecule has 0 atom stereocenters. The van der Waals surface area contributed by atoms with E-state index in [1.54, 1.807) is 0 Å². The van der Waals surface area contributed by atoms with E-state index in [0.29, 0.717) is 24.2 Å². The molecule has 0 aliphatic carbocycles. The highest BCUT2D eigenvalue weighted by Crippen LogP contribution is 2.16. The summed E-state index contributed by atoms with van der Waals surface area (Å²) in [4.78, 5) is 31.6. The molecule has 0 unspecified atom stereocenters. The highest BCUT2D eigenvalue weighted by molar-refractivity contribution is 5.97. The number of carbonyl (C=O) groups excluding carboxylic acids is 2. The van der Waals surface area contributed by atoms with Crippen molar-refractivity contribution in [1.29, 1.82) is 0 Å². The number of hydrogen-bond donors (Lipinski definition) is 2. The summed E-state index contributed by atoms with van der Waals surface area (Å²) in [6.07, 6.45) is 54.4. The lowest BCUT2D eigenvalue weighted by molar-refractivity contribution is 0.0936. The van der Waals surface area contributed by atoms with E-state index < -0.39 is 0 Å². The number of hydrogen-bond acceptors (Lipinski definition) is 4. The number of carbonyl (C=O) groups is 2. The largest absolute Gasteiger partial charge is 0.351 e. The first-order valence-electron chi connectivity index (χ1n) is 29.7. The molecular formula is C60H114N4O2. The molecule has 0 saturated carbocycles. The first-order valence-corrected chi connectivity index (χ1v) is 29.7. The summed E-state index contributed by atoms with van der Waals surface area (Å²) in [6, 6.07) is 7.27. The molecule has 0 heterocycles. The van der Waals surface area contributed by atoms with Crippen molar-refractivity contribution in [2.45, 2.75) is 285 Å². The minimum absolute atomic E-state index is 0.0469. The van der Waals surface area contributed by atoms with E-state index in [9.17, 15) is 9.59 Å². The van der Waals surface area contributed by atoms with Crippen molar-refractivity contribution < 1.29 is 9.59 Å². The van der Waals surface area contributed by atoms with Gasteiger partial charge in [-0.2, -0.15) is 0 Å². The van der Waals surface area contributed by atoms with Crippen molar-refractivity contribution in [2.75, 3.05) is 52.4 Å². The average Bonchev–Trinajstić information content (AvgIpc) is 3.33. The zero-order valence-electron chi connectivity index (χ0n) is 45.0. The predicted octanol–water partition coefficient (Wildman–Crippen LogP) is 17.4. The van der Waals surface area contributed by atoms with E-state index in [4.69, 9.17) is 0 Å². The Bertz CT molecular complexity index is 1020. The molecule has 2 amide bonds.